The Morgan fingerprint density at radius 2 is 2.10 bits per heavy atom. The van der Waals surface area contributed by atoms with E-state index < -0.39 is 0 Å². The van der Waals surface area contributed by atoms with E-state index in [1.54, 1.807) is 11.8 Å². The van der Waals surface area contributed by atoms with Gasteiger partial charge in [-0.05, 0) is 25.7 Å². The van der Waals surface area contributed by atoms with E-state index in [9.17, 15) is 4.79 Å². The highest BCUT2D eigenvalue weighted by Crippen LogP contribution is 2.19. The van der Waals surface area contributed by atoms with Gasteiger partial charge in [0.1, 0.15) is 6.54 Å². The van der Waals surface area contributed by atoms with Crippen LogP contribution in [0.25, 0.3) is 0 Å². The minimum absolute atomic E-state index is 0.0137. The average Bonchev–Trinajstić information content (AvgIpc) is 2.62. The van der Waals surface area contributed by atoms with E-state index in [1.807, 2.05) is 13.8 Å². The lowest BCUT2D eigenvalue weighted by Gasteiger charge is -2.24. The standard InChI is InChI=1S/C14H26N4O2/c1-10-13(15)11(2)18(17-10)8-12(19)16-9-14(3,4)6-7-20-5/h6-9,15H2,1-5H3,(H,16,19). The Hall–Kier alpha value is -1.56. The van der Waals surface area contributed by atoms with Crippen molar-refractivity contribution in [2.24, 2.45) is 5.41 Å². The average molecular weight is 282 g/mol. The minimum atomic E-state index is -0.0545. The van der Waals surface area contributed by atoms with Gasteiger partial charge in [-0.3, -0.25) is 9.48 Å². The fourth-order valence-electron chi connectivity index (χ4n) is 1.86. The number of hydrogen-bond acceptors (Lipinski definition) is 4. The first-order valence-electron chi connectivity index (χ1n) is 6.82. The molecule has 0 saturated heterocycles. The largest absolute Gasteiger partial charge is 0.396 e. The lowest BCUT2D eigenvalue weighted by atomic mass is 9.90. The van der Waals surface area contributed by atoms with Crippen LogP contribution in [-0.2, 0) is 16.1 Å². The van der Waals surface area contributed by atoms with Crippen molar-refractivity contribution >= 4 is 11.6 Å². The molecule has 0 aliphatic heterocycles. The van der Waals surface area contributed by atoms with Crippen LogP contribution in [0.15, 0.2) is 0 Å². The monoisotopic (exact) mass is 282 g/mol. The van der Waals surface area contributed by atoms with Gasteiger partial charge in [-0.15, -0.1) is 0 Å². The SMILES string of the molecule is COCCC(C)(C)CNC(=O)Cn1nc(C)c(N)c1C. The third-order valence-electron chi connectivity index (χ3n) is 3.48. The maximum atomic E-state index is 12.0. The second kappa shape index (κ2) is 6.74. The zero-order chi connectivity index (χ0) is 15.3. The normalized spacial score (nSPS) is 11.7. The van der Waals surface area contributed by atoms with E-state index in [-0.39, 0.29) is 17.9 Å². The number of anilines is 1. The van der Waals surface area contributed by atoms with Crippen molar-refractivity contribution in [1.29, 1.82) is 0 Å². The van der Waals surface area contributed by atoms with Gasteiger partial charge in [0, 0.05) is 20.3 Å². The molecule has 0 aliphatic carbocycles. The number of amides is 1. The van der Waals surface area contributed by atoms with Crippen molar-refractivity contribution in [2.45, 2.75) is 40.7 Å². The number of rotatable bonds is 7. The summed E-state index contributed by atoms with van der Waals surface area (Å²) in [6, 6.07) is 0. The topological polar surface area (TPSA) is 82.2 Å². The third kappa shape index (κ3) is 4.52. The molecule has 114 valence electrons. The van der Waals surface area contributed by atoms with Gasteiger partial charge in [0.2, 0.25) is 5.91 Å². The summed E-state index contributed by atoms with van der Waals surface area (Å²) in [6.45, 7) is 9.42. The first-order valence-corrected chi connectivity index (χ1v) is 6.82. The Morgan fingerprint density at radius 1 is 1.45 bits per heavy atom. The van der Waals surface area contributed by atoms with E-state index in [0.29, 0.717) is 18.8 Å². The van der Waals surface area contributed by atoms with E-state index in [2.05, 4.69) is 24.3 Å². The van der Waals surface area contributed by atoms with Crippen LogP contribution in [0, 0.1) is 19.3 Å². The molecule has 1 amide bonds. The molecule has 1 heterocycles. The van der Waals surface area contributed by atoms with E-state index >= 15 is 0 Å². The number of ether oxygens (including phenoxy) is 1. The summed E-state index contributed by atoms with van der Waals surface area (Å²) < 4.78 is 6.71. The number of aromatic nitrogens is 2. The molecule has 6 nitrogen and oxygen atoms in total. The highest BCUT2D eigenvalue weighted by Gasteiger charge is 2.19. The molecule has 0 unspecified atom stereocenters. The van der Waals surface area contributed by atoms with Gasteiger partial charge in [-0.1, -0.05) is 13.8 Å². The van der Waals surface area contributed by atoms with Crippen LogP contribution in [0.5, 0.6) is 0 Å². The highest BCUT2D eigenvalue weighted by molar-refractivity contribution is 5.76. The van der Waals surface area contributed by atoms with Crippen LogP contribution in [0.4, 0.5) is 5.69 Å². The fraction of sp³-hybridized carbons (Fsp3) is 0.714. The van der Waals surface area contributed by atoms with E-state index in [0.717, 1.165) is 17.8 Å². The third-order valence-corrected chi connectivity index (χ3v) is 3.48. The van der Waals surface area contributed by atoms with Crippen LogP contribution >= 0.6 is 0 Å². The van der Waals surface area contributed by atoms with Gasteiger partial charge in [0.05, 0.1) is 17.1 Å². The van der Waals surface area contributed by atoms with Gasteiger partial charge in [0.15, 0.2) is 0 Å². The molecule has 20 heavy (non-hydrogen) atoms. The number of nitrogens with two attached hydrogens (primary N) is 1. The Labute approximate surface area is 120 Å². The number of carbonyl (C=O) groups is 1. The van der Waals surface area contributed by atoms with Crippen molar-refractivity contribution in [1.82, 2.24) is 15.1 Å². The summed E-state index contributed by atoms with van der Waals surface area (Å²) in [5, 5.41) is 7.19. The van der Waals surface area contributed by atoms with E-state index in [1.165, 1.54) is 0 Å². The summed E-state index contributed by atoms with van der Waals surface area (Å²) in [5.74, 6) is -0.0545. The fourth-order valence-corrected chi connectivity index (χ4v) is 1.86. The Morgan fingerprint density at radius 3 is 2.60 bits per heavy atom. The zero-order valence-electron chi connectivity index (χ0n) is 13.1. The molecule has 0 fully saturated rings. The maximum absolute atomic E-state index is 12.0. The molecule has 6 heteroatoms. The van der Waals surface area contributed by atoms with Crippen LogP contribution < -0.4 is 11.1 Å². The first kappa shape index (κ1) is 16.5. The van der Waals surface area contributed by atoms with Crippen molar-refractivity contribution < 1.29 is 9.53 Å². The summed E-state index contributed by atoms with van der Waals surface area (Å²) in [6.07, 6.45) is 0.899. The lowest BCUT2D eigenvalue weighted by molar-refractivity contribution is -0.122. The molecular formula is C14H26N4O2. The second-order valence-electron chi connectivity index (χ2n) is 5.93. The number of nitrogens with one attached hydrogen (secondary N) is 1. The molecule has 0 spiro atoms. The van der Waals surface area contributed by atoms with Gasteiger partial charge in [-0.2, -0.15) is 5.10 Å². The van der Waals surface area contributed by atoms with Gasteiger partial charge >= 0.3 is 0 Å². The molecule has 0 aliphatic rings. The molecule has 1 rings (SSSR count). The Bertz CT molecular complexity index is 466. The molecule has 0 radical (unpaired) electrons. The Balaban J connectivity index is 2.50. The Kier molecular flexibility index (Phi) is 5.56. The summed E-state index contributed by atoms with van der Waals surface area (Å²) in [5.41, 5.74) is 8.10. The maximum Gasteiger partial charge on any atom is 0.241 e. The van der Waals surface area contributed by atoms with Crippen molar-refractivity contribution in [3.63, 3.8) is 0 Å². The molecule has 0 saturated carbocycles. The number of nitrogens with zero attached hydrogens (tertiary/aromatic N) is 2. The number of methoxy groups -OCH3 is 1. The molecule has 0 atom stereocenters. The van der Waals surface area contributed by atoms with Gasteiger partial charge in [-0.25, -0.2) is 0 Å². The smallest absolute Gasteiger partial charge is 0.241 e. The second-order valence-corrected chi connectivity index (χ2v) is 5.93. The predicted octanol–water partition coefficient (Wildman–Crippen LogP) is 1.26. The summed E-state index contributed by atoms with van der Waals surface area (Å²) in [7, 11) is 1.68. The highest BCUT2D eigenvalue weighted by atomic mass is 16.5. The lowest BCUT2D eigenvalue weighted by Crippen LogP contribution is -2.36. The number of hydrogen-bond donors (Lipinski definition) is 2. The van der Waals surface area contributed by atoms with Crippen molar-refractivity contribution in [3.8, 4) is 0 Å². The molecule has 0 aromatic carbocycles. The number of carbonyl (C=O) groups excluding carboxylic acids is 1. The summed E-state index contributed by atoms with van der Waals surface area (Å²) >= 11 is 0. The number of aryl methyl sites for hydroxylation is 1. The molecule has 0 bridgehead atoms. The van der Waals surface area contributed by atoms with Crippen LogP contribution in [0.3, 0.4) is 0 Å². The molecular weight excluding hydrogens is 256 g/mol. The van der Waals surface area contributed by atoms with Crippen molar-refractivity contribution in [2.75, 3.05) is 26.0 Å². The molecule has 1 aromatic rings. The zero-order valence-corrected chi connectivity index (χ0v) is 13.1. The van der Waals surface area contributed by atoms with Crippen LogP contribution in [0.1, 0.15) is 31.7 Å². The first-order chi connectivity index (χ1) is 9.26. The minimum Gasteiger partial charge on any atom is -0.396 e. The van der Waals surface area contributed by atoms with Crippen LogP contribution in [-0.4, -0.2) is 35.9 Å². The van der Waals surface area contributed by atoms with Gasteiger partial charge in [0.25, 0.3) is 0 Å². The van der Waals surface area contributed by atoms with Crippen molar-refractivity contribution in [3.05, 3.63) is 11.4 Å². The predicted molar refractivity (Wildman–Crippen MR) is 79.4 cm³/mol. The van der Waals surface area contributed by atoms with E-state index in [4.69, 9.17) is 10.5 Å². The van der Waals surface area contributed by atoms with Crippen LogP contribution in [0.2, 0.25) is 0 Å². The molecule has 1 aromatic heterocycles. The summed E-state index contributed by atoms with van der Waals surface area (Å²) in [4.78, 5) is 12.0. The molecule has 3 N–H and O–H groups in total. The number of nitrogen functional groups attached to an aromatic ring is 1. The quantitative estimate of drug-likeness (QED) is 0.789. The van der Waals surface area contributed by atoms with Gasteiger partial charge < -0.3 is 15.8 Å².